The van der Waals surface area contributed by atoms with Crippen molar-refractivity contribution in [1.82, 2.24) is 15.3 Å². The quantitative estimate of drug-likeness (QED) is 0.927. The SMILES string of the molecule is CNC(C)(C)c1nccc(-c2ccc(Cl)s2)n1. The van der Waals surface area contributed by atoms with Crippen molar-refractivity contribution in [2.75, 3.05) is 7.05 Å². The molecule has 0 aliphatic rings. The lowest BCUT2D eigenvalue weighted by Crippen LogP contribution is -2.35. The summed E-state index contributed by atoms with van der Waals surface area (Å²) in [5, 5.41) is 3.19. The molecule has 0 saturated carbocycles. The minimum absolute atomic E-state index is 0.239. The first-order valence-corrected chi connectivity index (χ1v) is 6.50. The van der Waals surface area contributed by atoms with E-state index in [1.54, 1.807) is 6.20 Å². The maximum Gasteiger partial charge on any atom is 0.148 e. The maximum absolute atomic E-state index is 5.93. The Balaban J connectivity index is 2.42. The van der Waals surface area contributed by atoms with Gasteiger partial charge in [-0.3, -0.25) is 0 Å². The fraction of sp³-hybridized carbons (Fsp3) is 0.333. The summed E-state index contributed by atoms with van der Waals surface area (Å²) in [4.78, 5) is 9.95. The van der Waals surface area contributed by atoms with Crippen LogP contribution in [-0.4, -0.2) is 17.0 Å². The lowest BCUT2D eigenvalue weighted by Gasteiger charge is -2.22. The minimum atomic E-state index is -0.239. The molecule has 2 aromatic heterocycles. The van der Waals surface area contributed by atoms with E-state index in [0.29, 0.717) is 0 Å². The summed E-state index contributed by atoms with van der Waals surface area (Å²) in [6, 6.07) is 5.76. The Labute approximate surface area is 110 Å². The monoisotopic (exact) mass is 267 g/mol. The van der Waals surface area contributed by atoms with Crippen molar-refractivity contribution in [2.24, 2.45) is 0 Å². The van der Waals surface area contributed by atoms with Crippen LogP contribution in [0, 0.1) is 0 Å². The van der Waals surface area contributed by atoms with Crippen LogP contribution in [0.15, 0.2) is 24.4 Å². The fourth-order valence-corrected chi connectivity index (χ4v) is 2.37. The molecule has 0 amide bonds. The summed E-state index contributed by atoms with van der Waals surface area (Å²) in [5.41, 5.74) is 0.673. The molecule has 17 heavy (non-hydrogen) atoms. The molecule has 5 heteroatoms. The number of aromatic nitrogens is 2. The van der Waals surface area contributed by atoms with Gasteiger partial charge in [-0.25, -0.2) is 9.97 Å². The summed E-state index contributed by atoms with van der Waals surface area (Å²) >= 11 is 7.45. The topological polar surface area (TPSA) is 37.8 Å². The third kappa shape index (κ3) is 2.65. The number of halogens is 1. The van der Waals surface area contributed by atoms with Crippen LogP contribution in [0.2, 0.25) is 4.34 Å². The molecule has 0 aliphatic heterocycles. The van der Waals surface area contributed by atoms with Crippen molar-refractivity contribution >= 4 is 22.9 Å². The maximum atomic E-state index is 5.93. The van der Waals surface area contributed by atoms with Crippen molar-refractivity contribution in [3.63, 3.8) is 0 Å². The molecule has 0 aromatic carbocycles. The Morgan fingerprint density at radius 3 is 2.65 bits per heavy atom. The van der Waals surface area contributed by atoms with Gasteiger partial charge in [-0.2, -0.15) is 0 Å². The Kier molecular flexibility index (Phi) is 3.47. The van der Waals surface area contributed by atoms with Gasteiger partial charge in [0, 0.05) is 6.20 Å². The molecule has 3 nitrogen and oxygen atoms in total. The molecular weight excluding hydrogens is 254 g/mol. The van der Waals surface area contributed by atoms with Gasteiger partial charge in [-0.15, -0.1) is 11.3 Å². The van der Waals surface area contributed by atoms with Crippen LogP contribution in [0.25, 0.3) is 10.6 Å². The van der Waals surface area contributed by atoms with Crippen LogP contribution in [0.3, 0.4) is 0 Å². The number of nitrogens with zero attached hydrogens (tertiary/aromatic N) is 2. The summed E-state index contributed by atoms with van der Waals surface area (Å²) in [5.74, 6) is 0.780. The molecular formula is C12H14ClN3S. The summed E-state index contributed by atoms with van der Waals surface area (Å²) in [7, 11) is 1.90. The minimum Gasteiger partial charge on any atom is -0.308 e. The Hall–Kier alpha value is -0.970. The van der Waals surface area contributed by atoms with E-state index in [1.807, 2.05) is 39.1 Å². The summed E-state index contributed by atoms with van der Waals surface area (Å²) < 4.78 is 0.771. The highest BCUT2D eigenvalue weighted by molar-refractivity contribution is 7.19. The summed E-state index contributed by atoms with van der Waals surface area (Å²) in [6.07, 6.45) is 1.78. The molecule has 0 spiro atoms. The van der Waals surface area contributed by atoms with Crippen LogP contribution in [0.1, 0.15) is 19.7 Å². The number of thiophene rings is 1. The van der Waals surface area contributed by atoms with E-state index in [2.05, 4.69) is 15.3 Å². The number of rotatable bonds is 3. The van der Waals surface area contributed by atoms with Gasteiger partial charge < -0.3 is 5.32 Å². The average molecular weight is 268 g/mol. The normalized spacial score (nSPS) is 11.8. The molecule has 90 valence electrons. The third-order valence-corrected chi connectivity index (χ3v) is 3.92. The molecule has 2 rings (SSSR count). The van der Waals surface area contributed by atoms with Gasteiger partial charge in [-0.05, 0) is 39.1 Å². The van der Waals surface area contributed by atoms with Gasteiger partial charge in [0.1, 0.15) is 5.82 Å². The molecule has 0 radical (unpaired) electrons. The van der Waals surface area contributed by atoms with E-state index >= 15 is 0 Å². The number of hydrogen-bond acceptors (Lipinski definition) is 4. The second-order valence-electron chi connectivity index (χ2n) is 4.24. The highest BCUT2D eigenvalue weighted by Gasteiger charge is 2.21. The largest absolute Gasteiger partial charge is 0.308 e. The van der Waals surface area contributed by atoms with E-state index in [0.717, 1.165) is 20.7 Å². The number of nitrogens with one attached hydrogen (secondary N) is 1. The van der Waals surface area contributed by atoms with E-state index in [4.69, 9.17) is 11.6 Å². The standard InChI is InChI=1S/C12H14ClN3S/c1-12(2,14-3)11-15-7-6-8(16-11)9-4-5-10(13)17-9/h4-7,14H,1-3H3. The Morgan fingerprint density at radius 2 is 2.06 bits per heavy atom. The van der Waals surface area contributed by atoms with Gasteiger partial charge in [0.25, 0.3) is 0 Å². The van der Waals surface area contributed by atoms with Crippen LogP contribution in [0.5, 0.6) is 0 Å². The molecule has 1 N–H and O–H groups in total. The van der Waals surface area contributed by atoms with E-state index in [-0.39, 0.29) is 5.54 Å². The van der Waals surface area contributed by atoms with Gasteiger partial charge >= 0.3 is 0 Å². The Morgan fingerprint density at radius 1 is 1.29 bits per heavy atom. The van der Waals surface area contributed by atoms with Crippen molar-refractivity contribution < 1.29 is 0 Å². The second-order valence-corrected chi connectivity index (χ2v) is 5.96. The molecule has 0 saturated heterocycles. The molecule has 0 atom stereocenters. The zero-order valence-corrected chi connectivity index (χ0v) is 11.6. The van der Waals surface area contributed by atoms with Crippen molar-refractivity contribution in [1.29, 1.82) is 0 Å². The fourth-order valence-electron chi connectivity index (χ4n) is 1.36. The summed E-state index contributed by atoms with van der Waals surface area (Å²) in [6.45, 7) is 4.10. The van der Waals surface area contributed by atoms with Crippen LogP contribution < -0.4 is 5.32 Å². The third-order valence-electron chi connectivity index (χ3n) is 2.67. The molecule has 2 heterocycles. The molecule has 0 bridgehead atoms. The van der Waals surface area contributed by atoms with Crippen molar-refractivity contribution in [3.05, 3.63) is 34.6 Å². The van der Waals surface area contributed by atoms with Gasteiger partial charge in [0.2, 0.25) is 0 Å². The van der Waals surface area contributed by atoms with E-state index in [9.17, 15) is 0 Å². The van der Waals surface area contributed by atoms with E-state index in [1.165, 1.54) is 11.3 Å². The van der Waals surface area contributed by atoms with Gasteiger partial charge in [0.05, 0.1) is 20.4 Å². The zero-order valence-electron chi connectivity index (χ0n) is 9.99. The highest BCUT2D eigenvalue weighted by atomic mass is 35.5. The predicted octanol–water partition coefficient (Wildman–Crippen LogP) is 3.31. The van der Waals surface area contributed by atoms with Crippen LogP contribution in [0.4, 0.5) is 0 Å². The first-order valence-electron chi connectivity index (χ1n) is 5.31. The Bertz CT molecular complexity index is 522. The molecule has 0 aliphatic carbocycles. The smallest absolute Gasteiger partial charge is 0.148 e. The van der Waals surface area contributed by atoms with Gasteiger partial charge in [0.15, 0.2) is 0 Å². The van der Waals surface area contributed by atoms with Crippen LogP contribution >= 0.6 is 22.9 Å². The van der Waals surface area contributed by atoms with E-state index < -0.39 is 0 Å². The molecule has 0 fully saturated rings. The van der Waals surface area contributed by atoms with Gasteiger partial charge in [-0.1, -0.05) is 11.6 Å². The predicted molar refractivity (Wildman–Crippen MR) is 72.4 cm³/mol. The highest BCUT2D eigenvalue weighted by Crippen LogP contribution is 2.30. The lowest BCUT2D eigenvalue weighted by molar-refractivity contribution is 0.417. The molecule has 0 unspecified atom stereocenters. The van der Waals surface area contributed by atoms with Crippen LogP contribution in [-0.2, 0) is 5.54 Å². The lowest BCUT2D eigenvalue weighted by atomic mass is 10.1. The zero-order chi connectivity index (χ0) is 12.5. The van der Waals surface area contributed by atoms with Crippen molar-refractivity contribution in [2.45, 2.75) is 19.4 Å². The first kappa shape index (κ1) is 12.5. The average Bonchev–Trinajstić information content (AvgIpc) is 2.76. The van der Waals surface area contributed by atoms with Crippen molar-refractivity contribution in [3.8, 4) is 10.6 Å². The first-order chi connectivity index (χ1) is 8.03. The second kappa shape index (κ2) is 4.72. The number of hydrogen-bond donors (Lipinski definition) is 1. The molecule has 2 aromatic rings.